The second-order valence-electron chi connectivity index (χ2n) is 4.18. The number of benzene rings is 1. The molecule has 0 spiro atoms. The summed E-state index contributed by atoms with van der Waals surface area (Å²) in [5, 5.41) is 10.6. The van der Waals surface area contributed by atoms with E-state index < -0.39 is 5.97 Å². The van der Waals surface area contributed by atoms with E-state index >= 15 is 0 Å². The van der Waals surface area contributed by atoms with E-state index in [0.717, 1.165) is 5.39 Å². The molecular formula is C14H8BrClN2O2. The number of rotatable bonds is 2. The van der Waals surface area contributed by atoms with Crippen molar-refractivity contribution < 1.29 is 9.90 Å². The highest BCUT2D eigenvalue weighted by atomic mass is 79.9. The number of hydrogen-bond acceptors (Lipinski definition) is 2. The third kappa shape index (κ3) is 2.09. The quantitative estimate of drug-likeness (QED) is 0.755. The Morgan fingerprint density at radius 1 is 1.35 bits per heavy atom. The molecular weight excluding hydrogens is 344 g/mol. The van der Waals surface area contributed by atoms with Crippen LogP contribution in [0.1, 0.15) is 10.5 Å². The Hall–Kier alpha value is -1.85. The van der Waals surface area contributed by atoms with Crippen LogP contribution in [0.5, 0.6) is 0 Å². The van der Waals surface area contributed by atoms with Gasteiger partial charge in [-0.15, -0.1) is 0 Å². The number of carboxylic acids is 1. The maximum Gasteiger partial charge on any atom is 0.352 e. The molecule has 0 aliphatic rings. The molecule has 0 fully saturated rings. The predicted octanol–water partition coefficient (Wildman–Crippen LogP) is 4.14. The highest BCUT2D eigenvalue weighted by Crippen LogP contribution is 2.29. The number of pyridine rings is 1. The van der Waals surface area contributed by atoms with E-state index in [0.29, 0.717) is 20.7 Å². The molecule has 0 saturated heterocycles. The smallest absolute Gasteiger partial charge is 0.352 e. The van der Waals surface area contributed by atoms with Gasteiger partial charge in [-0.25, -0.2) is 4.79 Å². The second kappa shape index (κ2) is 4.92. The first kappa shape index (κ1) is 13.1. The van der Waals surface area contributed by atoms with E-state index in [2.05, 4.69) is 20.9 Å². The summed E-state index contributed by atoms with van der Waals surface area (Å²) >= 11 is 9.45. The van der Waals surface area contributed by atoms with Crippen molar-refractivity contribution in [3.8, 4) is 5.69 Å². The van der Waals surface area contributed by atoms with Crippen LogP contribution in [-0.2, 0) is 0 Å². The van der Waals surface area contributed by atoms with Gasteiger partial charge in [0.1, 0.15) is 5.69 Å². The summed E-state index contributed by atoms with van der Waals surface area (Å²) in [6.45, 7) is 0. The van der Waals surface area contributed by atoms with Crippen molar-refractivity contribution in [3.05, 3.63) is 57.9 Å². The average Bonchev–Trinajstić information content (AvgIpc) is 2.82. The van der Waals surface area contributed by atoms with Gasteiger partial charge < -0.3 is 9.67 Å². The van der Waals surface area contributed by atoms with Gasteiger partial charge in [-0.3, -0.25) is 4.98 Å². The Bertz CT molecular complexity index is 829. The van der Waals surface area contributed by atoms with E-state index in [1.807, 2.05) is 6.07 Å². The van der Waals surface area contributed by atoms with Gasteiger partial charge >= 0.3 is 5.97 Å². The normalized spacial score (nSPS) is 10.9. The summed E-state index contributed by atoms with van der Waals surface area (Å²) in [4.78, 5) is 15.6. The maximum absolute atomic E-state index is 11.3. The van der Waals surface area contributed by atoms with Crippen molar-refractivity contribution in [2.75, 3.05) is 0 Å². The van der Waals surface area contributed by atoms with Crippen LogP contribution in [0.2, 0.25) is 5.02 Å². The first-order valence-corrected chi connectivity index (χ1v) is 6.90. The molecule has 4 nitrogen and oxygen atoms in total. The van der Waals surface area contributed by atoms with Gasteiger partial charge in [0.15, 0.2) is 0 Å². The van der Waals surface area contributed by atoms with E-state index in [9.17, 15) is 9.90 Å². The van der Waals surface area contributed by atoms with Gasteiger partial charge in [0, 0.05) is 22.3 Å². The molecule has 6 heteroatoms. The number of aromatic nitrogens is 2. The van der Waals surface area contributed by atoms with Crippen molar-refractivity contribution in [1.29, 1.82) is 0 Å². The third-order valence-corrected chi connectivity index (χ3v) is 3.72. The zero-order valence-electron chi connectivity index (χ0n) is 10.0. The van der Waals surface area contributed by atoms with Gasteiger partial charge in [0.25, 0.3) is 0 Å². The van der Waals surface area contributed by atoms with Crippen LogP contribution < -0.4 is 0 Å². The molecule has 0 atom stereocenters. The Balaban J connectivity index is 2.36. The number of fused-ring (bicyclic) bond motifs is 1. The van der Waals surface area contributed by atoms with Gasteiger partial charge in [-0.2, -0.15) is 0 Å². The van der Waals surface area contributed by atoms with Crippen LogP contribution in [0.15, 0.2) is 47.2 Å². The Morgan fingerprint density at radius 2 is 2.15 bits per heavy atom. The average molecular weight is 352 g/mol. The number of aromatic carboxylic acids is 1. The standard InChI is InChI=1S/C14H8BrClN2O2/c15-8-6-12(14(19)20)18(7-8)11-4-3-10(16)9-2-1-5-17-13(9)11/h1-7H,(H,19,20). The van der Waals surface area contributed by atoms with E-state index in [4.69, 9.17) is 11.6 Å². The molecule has 3 rings (SSSR count). The lowest BCUT2D eigenvalue weighted by molar-refractivity contribution is 0.0688. The van der Waals surface area contributed by atoms with Gasteiger partial charge in [-0.05, 0) is 46.3 Å². The molecule has 1 aromatic carbocycles. The van der Waals surface area contributed by atoms with Gasteiger partial charge in [0.05, 0.1) is 16.2 Å². The first-order chi connectivity index (χ1) is 9.58. The number of halogens is 2. The van der Waals surface area contributed by atoms with Crippen molar-refractivity contribution in [1.82, 2.24) is 9.55 Å². The predicted molar refractivity (Wildman–Crippen MR) is 80.7 cm³/mol. The van der Waals surface area contributed by atoms with Crippen molar-refractivity contribution in [2.24, 2.45) is 0 Å². The summed E-state index contributed by atoms with van der Waals surface area (Å²) in [6, 6.07) is 8.69. The Labute approximate surface area is 127 Å². The number of carboxylic acid groups (broad SMARTS) is 1. The van der Waals surface area contributed by atoms with E-state index in [-0.39, 0.29) is 5.69 Å². The summed E-state index contributed by atoms with van der Waals surface area (Å²) in [5.41, 5.74) is 1.49. The molecule has 100 valence electrons. The van der Waals surface area contributed by atoms with E-state index in [1.54, 1.807) is 41.2 Å². The minimum atomic E-state index is -1.00. The lowest BCUT2D eigenvalue weighted by Gasteiger charge is -2.10. The van der Waals surface area contributed by atoms with Gasteiger partial charge in [0.2, 0.25) is 0 Å². The molecule has 0 radical (unpaired) electrons. The number of nitrogens with zero attached hydrogens (tertiary/aromatic N) is 2. The third-order valence-electron chi connectivity index (χ3n) is 2.96. The molecule has 1 N–H and O–H groups in total. The lowest BCUT2D eigenvalue weighted by Crippen LogP contribution is -2.06. The molecule has 0 bridgehead atoms. The molecule has 20 heavy (non-hydrogen) atoms. The summed E-state index contributed by atoms with van der Waals surface area (Å²) in [5.74, 6) is -1.00. The largest absolute Gasteiger partial charge is 0.477 e. The van der Waals surface area contributed by atoms with Crippen LogP contribution in [0.4, 0.5) is 0 Å². The molecule has 3 aromatic rings. The molecule has 0 aliphatic carbocycles. The van der Waals surface area contributed by atoms with Crippen molar-refractivity contribution in [3.63, 3.8) is 0 Å². The van der Waals surface area contributed by atoms with Crippen LogP contribution in [0.3, 0.4) is 0 Å². The van der Waals surface area contributed by atoms with Crippen LogP contribution >= 0.6 is 27.5 Å². The summed E-state index contributed by atoms with van der Waals surface area (Å²) in [7, 11) is 0. The minimum absolute atomic E-state index is 0.158. The Morgan fingerprint density at radius 3 is 2.90 bits per heavy atom. The molecule has 0 saturated carbocycles. The van der Waals surface area contributed by atoms with Crippen LogP contribution in [0, 0.1) is 0 Å². The van der Waals surface area contributed by atoms with Crippen molar-refractivity contribution >= 4 is 44.4 Å². The maximum atomic E-state index is 11.3. The molecule has 0 aliphatic heterocycles. The minimum Gasteiger partial charge on any atom is -0.477 e. The fourth-order valence-corrected chi connectivity index (χ4v) is 2.75. The highest BCUT2D eigenvalue weighted by Gasteiger charge is 2.16. The Kier molecular flexibility index (Phi) is 3.23. The second-order valence-corrected chi connectivity index (χ2v) is 5.51. The molecule has 0 amide bonds. The topological polar surface area (TPSA) is 55.1 Å². The lowest BCUT2D eigenvalue weighted by atomic mass is 10.2. The van der Waals surface area contributed by atoms with Crippen LogP contribution in [-0.4, -0.2) is 20.6 Å². The number of carbonyl (C=O) groups is 1. The zero-order chi connectivity index (χ0) is 14.3. The SMILES string of the molecule is O=C(O)c1cc(Br)cn1-c1ccc(Cl)c2cccnc12. The fraction of sp³-hybridized carbons (Fsp3) is 0. The monoisotopic (exact) mass is 350 g/mol. The molecule has 2 aromatic heterocycles. The highest BCUT2D eigenvalue weighted by molar-refractivity contribution is 9.10. The summed E-state index contributed by atoms with van der Waals surface area (Å²) < 4.78 is 2.27. The first-order valence-electron chi connectivity index (χ1n) is 5.72. The fourth-order valence-electron chi connectivity index (χ4n) is 2.11. The zero-order valence-corrected chi connectivity index (χ0v) is 12.4. The van der Waals surface area contributed by atoms with Crippen molar-refractivity contribution in [2.45, 2.75) is 0 Å². The summed E-state index contributed by atoms with van der Waals surface area (Å²) in [6.07, 6.45) is 3.35. The van der Waals surface area contributed by atoms with E-state index in [1.165, 1.54) is 0 Å². The number of hydrogen-bond donors (Lipinski definition) is 1. The molecule has 2 heterocycles. The van der Waals surface area contributed by atoms with Gasteiger partial charge in [-0.1, -0.05) is 11.6 Å². The molecule has 0 unspecified atom stereocenters. The van der Waals surface area contributed by atoms with Crippen LogP contribution in [0.25, 0.3) is 16.6 Å².